The Bertz CT molecular complexity index is 428. The van der Waals surface area contributed by atoms with Crippen molar-refractivity contribution >= 4 is 18.4 Å². The van der Waals surface area contributed by atoms with E-state index in [9.17, 15) is 0 Å². The molecule has 1 rings (SSSR count). The molecule has 5 nitrogen and oxygen atoms in total. The lowest BCUT2D eigenvalue weighted by molar-refractivity contribution is 0.378. The summed E-state index contributed by atoms with van der Waals surface area (Å²) >= 11 is 5.41. The summed E-state index contributed by atoms with van der Waals surface area (Å²) in [6.45, 7) is 2.34. The van der Waals surface area contributed by atoms with Crippen LogP contribution in [0.15, 0.2) is 12.1 Å². The molecule has 1 unspecified atom stereocenters. The van der Waals surface area contributed by atoms with Crippen LogP contribution in [0.2, 0.25) is 0 Å². The number of hydrogen-bond acceptors (Lipinski definition) is 4. The maximum atomic E-state index is 5.78. The molecule has 0 aliphatic heterocycles. The average molecular weight is 275 g/mol. The predicted molar refractivity (Wildman–Crippen MR) is 73.2 cm³/mol. The zero-order chi connectivity index (χ0) is 12.9. The van der Waals surface area contributed by atoms with Gasteiger partial charge in [-0.2, -0.15) is 0 Å². The summed E-state index contributed by atoms with van der Waals surface area (Å²) in [7, 11) is 3.34. The summed E-state index contributed by atoms with van der Waals surface area (Å²) < 4.78 is 11.0. The molecule has 2 N–H and O–H groups in total. The highest BCUT2D eigenvalue weighted by Crippen LogP contribution is 2.41. The number of nitrogens with zero attached hydrogens (tertiary/aromatic N) is 1. The summed E-state index contributed by atoms with van der Waals surface area (Å²) in [5, 5.41) is 6.14. The number of methoxy groups -OCH3 is 1. The van der Waals surface area contributed by atoms with Crippen molar-refractivity contribution in [1.29, 1.82) is 0 Å². The van der Waals surface area contributed by atoms with Crippen molar-refractivity contribution < 1.29 is 9.26 Å². The summed E-state index contributed by atoms with van der Waals surface area (Å²) in [4.78, 5) is 4.24. The zero-order valence-electron chi connectivity index (χ0n) is 10.5. The van der Waals surface area contributed by atoms with Crippen molar-refractivity contribution in [2.75, 3.05) is 20.7 Å². The predicted octanol–water partition coefficient (Wildman–Crippen LogP) is 1.83. The lowest BCUT2D eigenvalue weighted by atomic mass is 10.3. The van der Waals surface area contributed by atoms with E-state index in [2.05, 4.69) is 15.2 Å². The van der Waals surface area contributed by atoms with Gasteiger partial charge in [-0.05, 0) is 37.9 Å². The molecular weight excluding hydrogens is 257 g/mol. The fraction of sp³-hybridized carbons (Fsp3) is 0.500. The number of ether oxygens (including phenoxy) is 1. The highest BCUT2D eigenvalue weighted by Gasteiger charge is 2.18. The van der Waals surface area contributed by atoms with E-state index in [0.29, 0.717) is 11.6 Å². The monoisotopic (exact) mass is 275 g/mol. The van der Waals surface area contributed by atoms with Crippen LogP contribution in [0.1, 0.15) is 12.6 Å². The number of aryl methyl sites for hydroxylation is 1. The van der Waals surface area contributed by atoms with Crippen LogP contribution < -0.4 is 19.4 Å². The Balaban J connectivity index is 2.97. The molecule has 0 saturated heterocycles. The molecule has 1 aromatic rings. The first kappa shape index (κ1) is 14.4. The standard InChI is InChI=1S/C10H18N3O2PS/c1-5-12-16(17,11-3)15-9-7-6-8(2)13-10(9)14-4/h6-7H,5H2,1-4H3,(H2,11,12,17). The maximum Gasteiger partial charge on any atom is 0.257 e. The van der Waals surface area contributed by atoms with Gasteiger partial charge in [0.05, 0.1) is 7.11 Å². The lowest BCUT2D eigenvalue weighted by Gasteiger charge is -2.23. The van der Waals surface area contributed by atoms with E-state index in [4.69, 9.17) is 21.1 Å². The molecule has 0 aliphatic rings. The minimum absolute atomic E-state index is 0.451. The van der Waals surface area contributed by atoms with Gasteiger partial charge in [-0.3, -0.25) is 0 Å². The topological polar surface area (TPSA) is 55.4 Å². The van der Waals surface area contributed by atoms with Crippen LogP contribution in [0, 0.1) is 6.92 Å². The van der Waals surface area contributed by atoms with Crippen molar-refractivity contribution in [3.63, 3.8) is 0 Å². The molecule has 0 saturated carbocycles. The van der Waals surface area contributed by atoms with E-state index in [0.717, 1.165) is 12.2 Å². The Hall–Kier alpha value is -0.680. The van der Waals surface area contributed by atoms with E-state index in [-0.39, 0.29) is 0 Å². The van der Waals surface area contributed by atoms with Gasteiger partial charge in [0, 0.05) is 12.2 Å². The second kappa shape index (κ2) is 6.31. The molecular formula is C10H18N3O2PS. The fourth-order valence-electron chi connectivity index (χ4n) is 1.24. The average Bonchev–Trinajstić information content (AvgIpc) is 2.32. The number of nitrogens with one attached hydrogen (secondary N) is 2. The van der Waals surface area contributed by atoms with Gasteiger partial charge in [0.1, 0.15) is 0 Å². The Morgan fingerprint density at radius 3 is 2.71 bits per heavy atom. The molecule has 7 heteroatoms. The zero-order valence-corrected chi connectivity index (χ0v) is 12.2. The summed E-state index contributed by atoms with van der Waals surface area (Å²) in [5.74, 6) is 1.00. The highest BCUT2D eigenvalue weighted by atomic mass is 32.4. The van der Waals surface area contributed by atoms with Crippen LogP contribution >= 0.6 is 6.57 Å². The second-order valence-corrected chi connectivity index (χ2v) is 6.93. The molecule has 96 valence electrons. The fourth-order valence-corrected chi connectivity index (χ4v) is 3.01. The molecule has 0 spiro atoms. The van der Waals surface area contributed by atoms with Crippen LogP contribution in [0.25, 0.3) is 0 Å². The number of pyridine rings is 1. The maximum absolute atomic E-state index is 5.78. The van der Waals surface area contributed by atoms with E-state index in [1.165, 1.54) is 0 Å². The van der Waals surface area contributed by atoms with Gasteiger partial charge < -0.3 is 9.26 Å². The number of aromatic nitrogens is 1. The molecule has 0 aliphatic carbocycles. The quantitative estimate of drug-likeness (QED) is 0.773. The van der Waals surface area contributed by atoms with E-state index < -0.39 is 6.57 Å². The molecule has 0 radical (unpaired) electrons. The van der Waals surface area contributed by atoms with Gasteiger partial charge in [0.15, 0.2) is 5.75 Å². The Morgan fingerprint density at radius 2 is 2.18 bits per heavy atom. The summed E-state index contributed by atoms with van der Waals surface area (Å²) in [6.07, 6.45) is 0. The summed E-state index contributed by atoms with van der Waals surface area (Å²) in [6, 6.07) is 3.68. The first-order valence-corrected chi connectivity index (χ1v) is 8.02. The minimum atomic E-state index is -2.26. The van der Waals surface area contributed by atoms with Crippen molar-refractivity contribution in [1.82, 2.24) is 15.2 Å². The molecule has 0 amide bonds. The molecule has 0 aromatic carbocycles. The van der Waals surface area contributed by atoms with Crippen molar-refractivity contribution in [2.45, 2.75) is 13.8 Å². The van der Waals surface area contributed by atoms with Gasteiger partial charge in [-0.15, -0.1) is 0 Å². The van der Waals surface area contributed by atoms with Gasteiger partial charge >= 0.3 is 0 Å². The van der Waals surface area contributed by atoms with E-state index >= 15 is 0 Å². The molecule has 17 heavy (non-hydrogen) atoms. The van der Waals surface area contributed by atoms with E-state index in [1.807, 2.05) is 26.0 Å². The molecule has 0 fully saturated rings. The normalized spacial score (nSPS) is 14.1. The van der Waals surface area contributed by atoms with Gasteiger partial charge in [0.25, 0.3) is 5.88 Å². The first-order valence-electron chi connectivity index (χ1n) is 5.30. The third-order valence-electron chi connectivity index (χ3n) is 2.05. The second-order valence-electron chi connectivity index (χ2n) is 3.34. The third kappa shape index (κ3) is 3.92. The summed E-state index contributed by atoms with van der Waals surface area (Å²) in [5.41, 5.74) is 0.871. The van der Waals surface area contributed by atoms with E-state index in [1.54, 1.807) is 14.2 Å². The largest absolute Gasteiger partial charge is 0.478 e. The first-order chi connectivity index (χ1) is 8.04. The van der Waals surface area contributed by atoms with Gasteiger partial charge in [-0.1, -0.05) is 6.92 Å². The Labute approximate surface area is 107 Å². The van der Waals surface area contributed by atoms with Crippen LogP contribution in [-0.2, 0) is 11.8 Å². The molecule has 1 aromatic heterocycles. The molecule has 1 atom stereocenters. The minimum Gasteiger partial charge on any atom is -0.478 e. The van der Waals surface area contributed by atoms with Crippen molar-refractivity contribution in [2.24, 2.45) is 0 Å². The highest BCUT2D eigenvalue weighted by molar-refractivity contribution is 8.10. The smallest absolute Gasteiger partial charge is 0.257 e. The number of rotatable bonds is 6. The third-order valence-corrected chi connectivity index (χ3v) is 4.98. The van der Waals surface area contributed by atoms with Crippen LogP contribution in [-0.4, -0.2) is 25.7 Å². The van der Waals surface area contributed by atoms with Crippen molar-refractivity contribution in [3.05, 3.63) is 17.8 Å². The number of hydrogen-bond donors (Lipinski definition) is 2. The molecule has 1 heterocycles. The van der Waals surface area contributed by atoms with Gasteiger partial charge in [0.2, 0.25) is 6.57 Å². The lowest BCUT2D eigenvalue weighted by Crippen LogP contribution is -2.23. The molecule has 0 bridgehead atoms. The van der Waals surface area contributed by atoms with Crippen LogP contribution in [0.3, 0.4) is 0 Å². The van der Waals surface area contributed by atoms with Crippen molar-refractivity contribution in [3.8, 4) is 11.6 Å². The SMILES string of the molecule is CCNP(=S)(NC)Oc1ccc(C)nc1OC. The Morgan fingerprint density at radius 1 is 1.47 bits per heavy atom. The Kier molecular flexibility index (Phi) is 5.33. The van der Waals surface area contributed by atoms with Crippen LogP contribution in [0.5, 0.6) is 11.6 Å². The van der Waals surface area contributed by atoms with Crippen LogP contribution in [0.4, 0.5) is 0 Å². The van der Waals surface area contributed by atoms with Gasteiger partial charge in [-0.25, -0.2) is 15.2 Å².